The normalized spacial score (nSPS) is 13.3. The molecule has 0 spiro atoms. The van der Waals surface area contributed by atoms with Crippen LogP contribution in [0.1, 0.15) is 142 Å². The summed E-state index contributed by atoms with van der Waals surface area (Å²) in [5, 5.41) is 1.20. The van der Waals surface area contributed by atoms with Crippen LogP contribution in [0.25, 0.3) is 10.9 Å². The minimum Gasteiger partial charge on any atom is -0.359 e. The van der Waals surface area contributed by atoms with Gasteiger partial charge in [-0.3, -0.25) is 4.98 Å². The van der Waals surface area contributed by atoms with Crippen LogP contribution in [0, 0.1) is 0 Å². The van der Waals surface area contributed by atoms with Crippen LogP contribution in [0.3, 0.4) is 0 Å². The van der Waals surface area contributed by atoms with Gasteiger partial charge in [-0.1, -0.05) is 153 Å². The van der Waals surface area contributed by atoms with Crippen LogP contribution in [0.15, 0.2) is 55.0 Å². The van der Waals surface area contributed by atoms with Gasteiger partial charge in [0.2, 0.25) is 0 Å². The first-order valence-electron chi connectivity index (χ1n) is 16.6. The lowest BCUT2D eigenvalue weighted by molar-refractivity contribution is 0.188. The van der Waals surface area contributed by atoms with Crippen molar-refractivity contribution >= 4 is 10.9 Å². The third kappa shape index (κ3) is 16.0. The number of nitrogens with zero attached hydrogens (tertiary/aromatic N) is 3. The molecule has 0 saturated heterocycles. The summed E-state index contributed by atoms with van der Waals surface area (Å²) in [5.41, 5.74) is 1.06. The van der Waals surface area contributed by atoms with Gasteiger partial charge in [0, 0.05) is 38.1 Å². The number of para-hydroxylation sites is 1. The van der Waals surface area contributed by atoms with Crippen LogP contribution in [0.4, 0.5) is 0 Å². The molecule has 0 unspecified atom stereocenters. The molecule has 1 aromatic carbocycles. The molecule has 1 aliphatic rings. The molecule has 3 heteroatoms. The van der Waals surface area contributed by atoms with E-state index in [0.717, 1.165) is 5.52 Å². The highest BCUT2D eigenvalue weighted by atomic mass is 15.4. The number of unbranched alkanes of at least 4 members (excludes halogenated alkanes) is 19. The van der Waals surface area contributed by atoms with E-state index in [1.807, 2.05) is 30.5 Å². The Morgan fingerprint density at radius 1 is 0.538 bits per heavy atom. The van der Waals surface area contributed by atoms with E-state index in [4.69, 9.17) is 0 Å². The van der Waals surface area contributed by atoms with Gasteiger partial charge in [-0.2, -0.15) is 0 Å². The van der Waals surface area contributed by atoms with Crippen LogP contribution < -0.4 is 0 Å². The van der Waals surface area contributed by atoms with Crippen molar-refractivity contribution in [3.63, 3.8) is 0 Å². The molecule has 3 rings (SSSR count). The molecule has 2 heterocycles. The topological polar surface area (TPSA) is 19.4 Å². The predicted octanol–water partition coefficient (Wildman–Crippen LogP) is 11.1. The van der Waals surface area contributed by atoms with E-state index in [-0.39, 0.29) is 0 Å². The van der Waals surface area contributed by atoms with E-state index < -0.39 is 0 Å². The number of aromatic nitrogens is 1. The largest absolute Gasteiger partial charge is 0.359 e. The fraction of sp³-hybridized carbons (Fsp3) is 0.694. The van der Waals surface area contributed by atoms with E-state index in [1.54, 1.807) is 0 Å². The van der Waals surface area contributed by atoms with Crippen molar-refractivity contribution in [2.24, 2.45) is 0 Å². The van der Waals surface area contributed by atoms with E-state index >= 15 is 0 Å². The number of rotatable bonds is 21. The third-order valence-electron chi connectivity index (χ3n) is 8.31. The van der Waals surface area contributed by atoms with Gasteiger partial charge in [-0.05, 0) is 25.0 Å². The Morgan fingerprint density at radius 3 is 1.41 bits per heavy atom. The number of hydrogen-bond donors (Lipinski definition) is 0. The van der Waals surface area contributed by atoms with Gasteiger partial charge in [0.15, 0.2) is 0 Å². The summed E-state index contributed by atoms with van der Waals surface area (Å²) >= 11 is 0. The van der Waals surface area contributed by atoms with Crippen LogP contribution in [-0.4, -0.2) is 35.0 Å². The molecule has 0 bridgehead atoms. The second-order valence-corrected chi connectivity index (χ2v) is 11.8. The molecule has 1 aliphatic heterocycles. The summed E-state index contributed by atoms with van der Waals surface area (Å²) in [7, 11) is 4.39. The monoisotopic (exact) mass is 535 g/mol. The molecule has 0 fully saturated rings. The highest BCUT2D eigenvalue weighted by molar-refractivity contribution is 5.77. The first-order valence-corrected chi connectivity index (χ1v) is 16.6. The van der Waals surface area contributed by atoms with Gasteiger partial charge >= 0.3 is 0 Å². The fourth-order valence-electron chi connectivity index (χ4n) is 5.70. The lowest BCUT2D eigenvalue weighted by Gasteiger charge is -2.27. The zero-order valence-electron chi connectivity index (χ0n) is 26.0. The quantitative estimate of drug-likeness (QED) is 0.148. The lowest BCUT2D eigenvalue weighted by atomic mass is 10.0. The fourth-order valence-corrected chi connectivity index (χ4v) is 5.70. The Kier molecular flexibility index (Phi) is 19.4. The first-order chi connectivity index (χ1) is 19.2. The molecule has 0 amide bonds. The molecular formula is C36H61N3. The summed E-state index contributed by atoms with van der Waals surface area (Å²) in [6, 6.07) is 12.1. The molecule has 0 atom stereocenters. The van der Waals surface area contributed by atoms with Crippen molar-refractivity contribution in [1.29, 1.82) is 0 Å². The average molecular weight is 536 g/mol. The zero-order valence-corrected chi connectivity index (χ0v) is 26.0. The molecule has 1 aromatic heterocycles. The third-order valence-corrected chi connectivity index (χ3v) is 8.31. The van der Waals surface area contributed by atoms with Crippen LogP contribution in [-0.2, 0) is 0 Å². The summed E-state index contributed by atoms with van der Waals surface area (Å²) in [5.74, 6) is 0. The first kappa shape index (κ1) is 33.2. The molecule has 220 valence electrons. The second-order valence-electron chi connectivity index (χ2n) is 11.8. The standard InChI is InChI=1S/C27H54N2.C9H7N/c1-4-5-6-7-8-9-10-11-12-13-14-15-16-17-18-19-20-21-22-23-24-27-28(2)25-26-29(27)3;1-2-6-9-8(4-1)5-3-7-10-9/h25-27H,4-24H2,1-3H3;1-7H. The van der Waals surface area contributed by atoms with Gasteiger partial charge in [0.25, 0.3) is 0 Å². The Labute approximate surface area is 242 Å². The number of pyridine rings is 1. The van der Waals surface area contributed by atoms with Crippen molar-refractivity contribution in [2.45, 2.75) is 148 Å². The van der Waals surface area contributed by atoms with E-state index in [9.17, 15) is 0 Å². The lowest BCUT2D eigenvalue weighted by Crippen LogP contribution is -2.33. The maximum absolute atomic E-state index is 4.18. The highest BCUT2D eigenvalue weighted by Gasteiger charge is 2.19. The molecule has 0 N–H and O–H groups in total. The van der Waals surface area contributed by atoms with Gasteiger partial charge < -0.3 is 9.80 Å². The average Bonchev–Trinajstić information content (AvgIpc) is 3.29. The molecule has 0 radical (unpaired) electrons. The smallest absolute Gasteiger partial charge is 0.100 e. The summed E-state index contributed by atoms with van der Waals surface area (Å²) in [6.07, 6.45) is 37.3. The predicted molar refractivity (Wildman–Crippen MR) is 173 cm³/mol. The summed E-state index contributed by atoms with van der Waals surface area (Å²) < 4.78 is 0. The highest BCUT2D eigenvalue weighted by Crippen LogP contribution is 2.19. The van der Waals surface area contributed by atoms with Gasteiger partial charge in [0.05, 0.1) is 5.52 Å². The Hall–Kier alpha value is -2.03. The number of fused-ring (bicyclic) bond motifs is 1. The van der Waals surface area contributed by atoms with Crippen molar-refractivity contribution in [3.8, 4) is 0 Å². The van der Waals surface area contributed by atoms with Crippen molar-refractivity contribution in [2.75, 3.05) is 14.1 Å². The minimum atomic E-state index is 0.602. The van der Waals surface area contributed by atoms with E-state index in [0.29, 0.717) is 6.17 Å². The van der Waals surface area contributed by atoms with E-state index in [1.165, 1.54) is 140 Å². The van der Waals surface area contributed by atoms with E-state index in [2.05, 4.69) is 60.3 Å². The maximum atomic E-state index is 4.18. The Bertz CT molecular complexity index is 771. The van der Waals surface area contributed by atoms with Crippen LogP contribution in [0.2, 0.25) is 0 Å². The molecule has 0 aliphatic carbocycles. The van der Waals surface area contributed by atoms with Crippen LogP contribution >= 0.6 is 0 Å². The number of hydrogen-bond acceptors (Lipinski definition) is 3. The second kappa shape index (κ2) is 22.8. The summed E-state index contributed by atoms with van der Waals surface area (Å²) in [6.45, 7) is 2.30. The Morgan fingerprint density at radius 2 is 0.949 bits per heavy atom. The molecule has 3 nitrogen and oxygen atoms in total. The van der Waals surface area contributed by atoms with Gasteiger partial charge in [0.1, 0.15) is 6.17 Å². The minimum absolute atomic E-state index is 0.602. The van der Waals surface area contributed by atoms with Crippen LogP contribution in [0.5, 0.6) is 0 Å². The SMILES string of the molecule is CCCCCCCCCCCCCCCCCCCCCCC1N(C)C=CN1C.c1ccc2ncccc2c1. The van der Waals surface area contributed by atoms with Crippen molar-refractivity contribution in [3.05, 3.63) is 55.0 Å². The maximum Gasteiger partial charge on any atom is 0.100 e. The molecule has 2 aromatic rings. The Balaban J connectivity index is 0.000000437. The number of benzene rings is 1. The van der Waals surface area contributed by atoms with Crippen molar-refractivity contribution in [1.82, 2.24) is 14.8 Å². The molecule has 39 heavy (non-hydrogen) atoms. The van der Waals surface area contributed by atoms with Crippen molar-refractivity contribution < 1.29 is 0 Å². The van der Waals surface area contributed by atoms with Gasteiger partial charge in [-0.15, -0.1) is 0 Å². The van der Waals surface area contributed by atoms with Gasteiger partial charge in [-0.25, -0.2) is 0 Å². The molecular weight excluding hydrogens is 474 g/mol. The zero-order chi connectivity index (χ0) is 27.8. The molecule has 0 saturated carbocycles. The summed E-state index contributed by atoms with van der Waals surface area (Å²) in [4.78, 5) is 8.87.